The van der Waals surface area contributed by atoms with Crippen molar-refractivity contribution in [2.75, 3.05) is 19.8 Å². The Kier molecular flexibility index (Phi) is 9.36. The smallest absolute Gasteiger partial charge is 0.261 e. The van der Waals surface area contributed by atoms with E-state index in [1.54, 1.807) is 29.2 Å². The molecule has 3 aromatic carbocycles. The van der Waals surface area contributed by atoms with E-state index in [-0.39, 0.29) is 31.1 Å². The van der Waals surface area contributed by atoms with Gasteiger partial charge in [0.25, 0.3) is 5.91 Å². The van der Waals surface area contributed by atoms with Crippen LogP contribution in [-0.2, 0) is 27.3 Å². The van der Waals surface area contributed by atoms with Crippen molar-refractivity contribution in [3.63, 3.8) is 0 Å². The molecule has 0 aliphatic carbocycles. The van der Waals surface area contributed by atoms with Crippen molar-refractivity contribution in [3.05, 3.63) is 101 Å². The molecule has 1 heterocycles. The van der Waals surface area contributed by atoms with E-state index in [2.05, 4.69) is 5.32 Å². The van der Waals surface area contributed by atoms with E-state index in [9.17, 15) is 9.59 Å². The molecule has 7 heteroatoms. The summed E-state index contributed by atoms with van der Waals surface area (Å²) in [6.07, 6.45) is 2.30. The van der Waals surface area contributed by atoms with Gasteiger partial charge in [0.1, 0.15) is 11.8 Å². The minimum Gasteiger partial charge on any atom is -0.482 e. The minimum absolute atomic E-state index is 0.00755. The van der Waals surface area contributed by atoms with Crippen LogP contribution in [0.25, 0.3) is 0 Å². The first-order valence-corrected chi connectivity index (χ1v) is 12.6. The Morgan fingerprint density at radius 1 is 0.972 bits per heavy atom. The number of halogens is 1. The molecule has 36 heavy (non-hydrogen) atoms. The molecular weight excluding hydrogens is 476 g/mol. The van der Waals surface area contributed by atoms with Crippen LogP contribution in [0.2, 0.25) is 5.02 Å². The summed E-state index contributed by atoms with van der Waals surface area (Å²) in [6, 6.07) is 25.7. The van der Waals surface area contributed by atoms with Crippen LogP contribution in [0.1, 0.15) is 24.0 Å². The molecule has 1 saturated heterocycles. The zero-order valence-electron chi connectivity index (χ0n) is 20.1. The molecule has 0 bridgehead atoms. The molecule has 1 fully saturated rings. The van der Waals surface area contributed by atoms with Gasteiger partial charge in [-0.2, -0.15) is 0 Å². The summed E-state index contributed by atoms with van der Waals surface area (Å²) < 4.78 is 11.4. The molecule has 0 spiro atoms. The van der Waals surface area contributed by atoms with Crippen LogP contribution in [0.3, 0.4) is 0 Å². The number of carbonyl (C=O) groups excluding carboxylic acids is 2. The molecule has 3 aromatic rings. The number of hydrogen-bond donors (Lipinski definition) is 1. The van der Waals surface area contributed by atoms with E-state index in [0.717, 1.165) is 24.0 Å². The van der Waals surface area contributed by atoms with Crippen molar-refractivity contribution < 1.29 is 19.1 Å². The number of amides is 2. The monoisotopic (exact) mass is 506 g/mol. The number of nitrogens with one attached hydrogen (secondary N) is 1. The van der Waals surface area contributed by atoms with Gasteiger partial charge in [-0.3, -0.25) is 9.59 Å². The summed E-state index contributed by atoms with van der Waals surface area (Å²) in [7, 11) is 0. The number of nitrogens with zero attached hydrogens (tertiary/aromatic N) is 1. The van der Waals surface area contributed by atoms with Crippen molar-refractivity contribution >= 4 is 23.4 Å². The van der Waals surface area contributed by atoms with E-state index >= 15 is 0 Å². The lowest BCUT2D eigenvalue weighted by atomic mass is 10.0. The summed E-state index contributed by atoms with van der Waals surface area (Å²) in [5, 5.41) is 3.46. The Labute approximate surface area is 217 Å². The van der Waals surface area contributed by atoms with Crippen molar-refractivity contribution in [1.82, 2.24) is 10.2 Å². The van der Waals surface area contributed by atoms with Crippen LogP contribution in [0.5, 0.6) is 5.75 Å². The Bertz CT molecular complexity index is 1120. The second kappa shape index (κ2) is 13.1. The van der Waals surface area contributed by atoms with E-state index in [1.165, 1.54) is 0 Å². The topological polar surface area (TPSA) is 67.9 Å². The summed E-state index contributed by atoms with van der Waals surface area (Å²) in [4.78, 5) is 28.7. The first-order chi connectivity index (χ1) is 17.6. The van der Waals surface area contributed by atoms with E-state index in [0.29, 0.717) is 30.3 Å². The van der Waals surface area contributed by atoms with Gasteiger partial charge in [-0.1, -0.05) is 84.4 Å². The Balaban J connectivity index is 1.57. The summed E-state index contributed by atoms with van der Waals surface area (Å²) >= 11 is 6.21. The highest BCUT2D eigenvalue weighted by atomic mass is 35.5. The fourth-order valence-corrected chi connectivity index (χ4v) is 4.45. The maximum absolute atomic E-state index is 13.6. The van der Waals surface area contributed by atoms with Crippen LogP contribution in [-0.4, -0.2) is 48.6 Å². The van der Waals surface area contributed by atoms with Gasteiger partial charge in [0.05, 0.1) is 11.1 Å². The summed E-state index contributed by atoms with van der Waals surface area (Å²) in [5.74, 6) is -0.0852. The van der Waals surface area contributed by atoms with Gasteiger partial charge in [0.15, 0.2) is 6.61 Å². The molecule has 6 nitrogen and oxygen atoms in total. The van der Waals surface area contributed by atoms with Gasteiger partial charge in [0.2, 0.25) is 5.91 Å². The van der Waals surface area contributed by atoms with Crippen LogP contribution in [0.4, 0.5) is 0 Å². The average Bonchev–Trinajstić information content (AvgIpc) is 3.44. The highest BCUT2D eigenvalue weighted by molar-refractivity contribution is 6.32. The Hall–Kier alpha value is -3.35. The maximum Gasteiger partial charge on any atom is 0.261 e. The highest BCUT2D eigenvalue weighted by Crippen LogP contribution is 2.23. The van der Waals surface area contributed by atoms with Crippen molar-refractivity contribution in [2.24, 2.45) is 0 Å². The zero-order valence-corrected chi connectivity index (χ0v) is 20.9. The minimum atomic E-state index is -0.726. The van der Waals surface area contributed by atoms with Crippen LogP contribution in [0.15, 0.2) is 84.9 Å². The number of carbonyl (C=O) groups is 2. The number of benzene rings is 3. The van der Waals surface area contributed by atoms with Crippen molar-refractivity contribution in [3.8, 4) is 5.75 Å². The molecule has 0 saturated carbocycles. The molecule has 2 atom stereocenters. The molecule has 1 aliphatic heterocycles. The Morgan fingerprint density at radius 3 is 2.31 bits per heavy atom. The second-order valence-corrected chi connectivity index (χ2v) is 9.22. The maximum atomic E-state index is 13.6. The third kappa shape index (κ3) is 7.33. The highest BCUT2D eigenvalue weighted by Gasteiger charge is 2.31. The predicted molar refractivity (Wildman–Crippen MR) is 140 cm³/mol. The molecule has 4 rings (SSSR count). The third-order valence-corrected chi connectivity index (χ3v) is 6.49. The standard InChI is InChI=1S/C29H31ClN2O4/c30-25-15-7-8-16-27(25)36-21-28(33)32(20-23-12-5-2-6-13-23)26(18-22-10-3-1-4-11-22)29(34)31-19-24-14-9-17-35-24/h1-8,10-13,15-16,24,26H,9,14,17-21H2,(H,31,34)/t24-,26+/m1/s1. The lowest BCUT2D eigenvalue weighted by Crippen LogP contribution is -2.52. The van der Waals surface area contributed by atoms with Gasteiger partial charge in [-0.05, 0) is 36.1 Å². The number of rotatable bonds is 11. The predicted octanol–water partition coefficient (Wildman–Crippen LogP) is 4.65. The lowest BCUT2D eigenvalue weighted by molar-refractivity contribution is -0.143. The number of hydrogen-bond acceptors (Lipinski definition) is 4. The first kappa shape index (κ1) is 25.7. The zero-order chi connectivity index (χ0) is 25.2. The molecule has 0 aromatic heterocycles. The summed E-state index contributed by atoms with van der Waals surface area (Å²) in [6.45, 7) is 1.18. The molecule has 1 aliphatic rings. The van der Waals surface area contributed by atoms with Crippen molar-refractivity contribution in [1.29, 1.82) is 0 Å². The fraction of sp³-hybridized carbons (Fsp3) is 0.310. The van der Waals surface area contributed by atoms with Crippen LogP contribution >= 0.6 is 11.6 Å². The third-order valence-electron chi connectivity index (χ3n) is 6.18. The SMILES string of the molecule is O=C(NC[C@H]1CCCO1)[C@H](Cc1ccccc1)N(Cc1ccccc1)C(=O)COc1ccccc1Cl. The van der Waals surface area contributed by atoms with E-state index in [4.69, 9.17) is 21.1 Å². The lowest BCUT2D eigenvalue weighted by Gasteiger charge is -2.31. The summed E-state index contributed by atoms with van der Waals surface area (Å²) in [5.41, 5.74) is 1.89. The molecule has 2 amide bonds. The quantitative estimate of drug-likeness (QED) is 0.411. The normalized spacial score (nSPS) is 15.8. The molecule has 0 radical (unpaired) electrons. The van der Waals surface area contributed by atoms with E-state index in [1.807, 2.05) is 60.7 Å². The number of para-hydroxylation sites is 1. The van der Waals surface area contributed by atoms with Crippen LogP contribution in [0, 0.1) is 0 Å². The Morgan fingerprint density at radius 2 is 1.64 bits per heavy atom. The first-order valence-electron chi connectivity index (χ1n) is 12.2. The largest absolute Gasteiger partial charge is 0.482 e. The van der Waals surface area contributed by atoms with Crippen molar-refractivity contribution in [2.45, 2.75) is 38.0 Å². The number of ether oxygens (including phenoxy) is 2. The molecule has 1 N–H and O–H groups in total. The average molecular weight is 507 g/mol. The second-order valence-electron chi connectivity index (χ2n) is 8.81. The van der Waals surface area contributed by atoms with Gasteiger partial charge in [-0.15, -0.1) is 0 Å². The van der Waals surface area contributed by atoms with Gasteiger partial charge in [-0.25, -0.2) is 0 Å². The molecule has 0 unspecified atom stereocenters. The van der Waals surface area contributed by atoms with Gasteiger partial charge < -0.3 is 19.7 Å². The molecular formula is C29H31ClN2O4. The van der Waals surface area contributed by atoms with E-state index < -0.39 is 6.04 Å². The van der Waals surface area contributed by atoms with Gasteiger partial charge in [0, 0.05) is 26.1 Å². The fourth-order valence-electron chi connectivity index (χ4n) is 4.26. The molecule has 188 valence electrons. The van der Waals surface area contributed by atoms with Crippen LogP contribution < -0.4 is 10.1 Å². The van der Waals surface area contributed by atoms with Gasteiger partial charge >= 0.3 is 0 Å².